The zero-order valence-electron chi connectivity index (χ0n) is 55.7. The van der Waals surface area contributed by atoms with Crippen LogP contribution in [-0.2, 0) is 23.8 Å². The average molecular weight is 1210 g/mol. The maximum absolute atomic E-state index is 13.5. The molecule has 0 saturated carbocycles. The van der Waals surface area contributed by atoms with Gasteiger partial charge in [-0.3, -0.25) is 9.59 Å². The van der Waals surface area contributed by atoms with Crippen molar-refractivity contribution in [3.05, 3.63) is 72.9 Å². The molecule has 11 nitrogen and oxygen atoms in total. The molecule has 1 fully saturated rings. The van der Waals surface area contributed by atoms with Crippen LogP contribution in [0, 0.1) is 0 Å². The molecule has 0 aromatic rings. The second-order valence-electron chi connectivity index (χ2n) is 24.9. The Kier molecular flexibility index (Phi) is 58.8. The minimum Gasteiger partial charge on any atom is -0.454 e. The van der Waals surface area contributed by atoms with Gasteiger partial charge in [0.05, 0.1) is 25.4 Å². The Morgan fingerprint density at radius 2 is 0.837 bits per heavy atom. The number of unbranched alkanes of at least 4 members (excludes halogenated alkanes) is 38. The predicted octanol–water partition coefficient (Wildman–Crippen LogP) is 18.7. The van der Waals surface area contributed by atoms with Gasteiger partial charge in [0, 0.05) is 6.42 Å². The first-order valence-corrected chi connectivity index (χ1v) is 36.2. The number of hydrogen-bond acceptors (Lipinski definition) is 10. The van der Waals surface area contributed by atoms with Gasteiger partial charge in [-0.25, -0.2) is 0 Å². The van der Waals surface area contributed by atoms with E-state index < -0.39 is 67.4 Å². The van der Waals surface area contributed by atoms with Crippen molar-refractivity contribution in [1.82, 2.24) is 5.32 Å². The lowest BCUT2D eigenvalue weighted by molar-refractivity contribution is -0.305. The van der Waals surface area contributed by atoms with Crippen LogP contribution in [-0.4, -0.2) is 99.6 Å². The van der Waals surface area contributed by atoms with Crippen LogP contribution < -0.4 is 5.32 Å². The Labute approximate surface area is 528 Å². The van der Waals surface area contributed by atoms with Gasteiger partial charge in [-0.15, -0.1) is 0 Å². The summed E-state index contributed by atoms with van der Waals surface area (Å²) >= 11 is 0. The highest BCUT2D eigenvalue weighted by atomic mass is 16.7. The standard InChI is InChI=1S/C75H135NO10/c1-4-7-10-13-16-19-22-25-27-29-31-32-33-34-35-36-37-38-39-41-43-45-48-51-54-57-60-63-70(80)86-73-72(82)71(81)69(64-77)85-75(73)84-65-66(67(78)61-58-55-52-49-46-24-21-18-15-12-9-6-3)76-74(83)68(79)62-59-56-53-50-47-44-42-40-30-28-26-23-20-17-14-11-8-5-2/h8,11,17,20,26,28,40,42,47,50,58,61,66-69,71-73,75,77-79,81-82H,4-7,9-10,12-16,18-19,21-25,27,29-39,41,43-46,48-49,51-57,59-60,62-65H2,1-3H3,(H,76,83)/b11-8-,20-17-,28-26-,42-40-,50-47-,61-58+. The number of carbonyl (C=O) groups excluding carboxylic acids is 2. The number of esters is 1. The Bertz CT molecular complexity index is 1680. The normalized spacial score (nSPS) is 18.7. The van der Waals surface area contributed by atoms with Crippen molar-refractivity contribution >= 4 is 11.9 Å². The van der Waals surface area contributed by atoms with Crippen LogP contribution >= 0.6 is 0 Å². The van der Waals surface area contributed by atoms with Gasteiger partial charge in [0.25, 0.3) is 0 Å². The van der Waals surface area contributed by atoms with Crippen molar-refractivity contribution in [1.29, 1.82) is 0 Å². The molecule has 8 unspecified atom stereocenters. The monoisotopic (exact) mass is 1210 g/mol. The smallest absolute Gasteiger partial charge is 0.306 e. The number of amides is 1. The lowest BCUT2D eigenvalue weighted by Gasteiger charge is -2.41. The summed E-state index contributed by atoms with van der Waals surface area (Å²) in [5, 5.41) is 57.2. The molecule has 1 aliphatic rings. The molecule has 0 radical (unpaired) electrons. The second kappa shape index (κ2) is 62.3. The Morgan fingerprint density at radius 1 is 0.465 bits per heavy atom. The van der Waals surface area contributed by atoms with Gasteiger partial charge >= 0.3 is 5.97 Å². The number of hydrogen-bond donors (Lipinski definition) is 6. The molecule has 500 valence electrons. The van der Waals surface area contributed by atoms with Crippen LogP contribution in [0.1, 0.15) is 329 Å². The summed E-state index contributed by atoms with van der Waals surface area (Å²) in [6.45, 7) is 5.69. The third-order valence-corrected chi connectivity index (χ3v) is 16.9. The van der Waals surface area contributed by atoms with E-state index in [2.05, 4.69) is 86.8 Å². The van der Waals surface area contributed by atoms with E-state index in [1.807, 2.05) is 6.08 Å². The molecule has 1 saturated heterocycles. The Hall–Kier alpha value is -2.90. The highest BCUT2D eigenvalue weighted by molar-refractivity contribution is 5.80. The molecule has 86 heavy (non-hydrogen) atoms. The van der Waals surface area contributed by atoms with E-state index in [1.54, 1.807) is 6.08 Å². The average Bonchev–Trinajstić information content (AvgIpc) is 3.59. The van der Waals surface area contributed by atoms with E-state index in [1.165, 1.54) is 199 Å². The number of ether oxygens (including phenoxy) is 3. The van der Waals surface area contributed by atoms with Crippen molar-refractivity contribution in [3.8, 4) is 0 Å². The fourth-order valence-corrected chi connectivity index (χ4v) is 11.2. The first-order chi connectivity index (χ1) is 42.2. The third kappa shape index (κ3) is 49.0. The zero-order valence-corrected chi connectivity index (χ0v) is 55.7. The topological polar surface area (TPSA) is 175 Å². The second-order valence-corrected chi connectivity index (χ2v) is 24.9. The number of aliphatic hydroxyl groups is 5. The Balaban J connectivity index is 2.55. The van der Waals surface area contributed by atoms with Crippen LogP contribution in [0.4, 0.5) is 0 Å². The number of nitrogens with one attached hydrogen (secondary N) is 1. The van der Waals surface area contributed by atoms with Crippen LogP contribution in [0.15, 0.2) is 72.9 Å². The summed E-state index contributed by atoms with van der Waals surface area (Å²) in [4.78, 5) is 26.7. The lowest BCUT2D eigenvalue weighted by atomic mass is 9.99. The summed E-state index contributed by atoms with van der Waals surface area (Å²) in [6.07, 6.45) is 71.0. The van der Waals surface area contributed by atoms with Crippen molar-refractivity contribution < 1.29 is 49.3 Å². The van der Waals surface area contributed by atoms with E-state index in [0.717, 1.165) is 83.5 Å². The van der Waals surface area contributed by atoms with Gasteiger partial charge in [0.15, 0.2) is 12.4 Å². The predicted molar refractivity (Wildman–Crippen MR) is 361 cm³/mol. The van der Waals surface area contributed by atoms with Gasteiger partial charge in [-0.2, -0.15) is 0 Å². The molecule has 0 aromatic carbocycles. The van der Waals surface area contributed by atoms with Gasteiger partial charge in [0.1, 0.15) is 24.4 Å². The summed E-state index contributed by atoms with van der Waals surface area (Å²) in [5.74, 6) is -1.22. The zero-order chi connectivity index (χ0) is 62.4. The molecule has 0 spiro atoms. The molecule has 1 amide bonds. The molecule has 11 heteroatoms. The van der Waals surface area contributed by atoms with Gasteiger partial charge in [-0.05, 0) is 70.6 Å². The van der Waals surface area contributed by atoms with E-state index in [-0.39, 0.29) is 19.4 Å². The Morgan fingerprint density at radius 3 is 1.26 bits per heavy atom. The molecule has 1 heterocycles. The molecule has 0 aromatic heterocycles. The molecular formula is C75H135NO10. The fraction of sp³-hybridized carbons (Fsp3) is 0.813. The first kappa shape index (κ1) is 81.1. The highest BCUT2D eigenvalue weighted by Gasteiger charge is 2.47. The molecule has 0 bridgehead atoms. The third-order valence-electron chi connectivity index (χ3n) is 16.9. The molecule has 8 atom stereocenters. The maximum Gasteiger partial charge on any atom is 0.306 e. The molecule has 6 N–H and O–H groups in total. The number of carbonyl (C=O) groups is 2. The largest absolute Gasteiger partial charge is 0.454 e. The van der Waals surface area contributed by atoms with Crippen molar-refractivity contribution in [3.63, 3.8) is 0 Å². The fourth-order valence-electron chi connectivity index (χ4n) is 11.2. The number of rotatable bonds is 62. The minimum atomic E-state index is -1.62. The van der Waals surface area contributed by atoms with Gasteiger partial charge < -0.3 is 45.1 Å². The number of allylic oxidation sites excluding steroid dienone is 11. The quantitative estimate of drug-likeness (QED) is 0.0195. The van der Waals surface area contributed by atoms with Crippen molar-refractivity contribution in [2.45, 2.75) is 378 Å². The lowest BCUT2D eigenvalue weighted by Crippen LogP contribution is -2.61. The molecule has 0 aliphatic carbocycles. The van der Waals surface area contributed by atoms with Crippen LogP contribution in [0.5, 0.6) is 0 Å². The summed E-state index contributed by atoms with van der Waals surface area (Å²) < 4.78 is 17.7. The maximum atomic E-state index is 13.5. The number of aliphatic hydroxyl groups excluding tert-OH is 5. The SMILES string of the molecule is CC/C=C\C/C=C\C/C=C\C/C=C\C/C=C\CCCCC(O)C(=O)NC(COC1OC(CO)C(O)C(O)C1OC(=O)CCCCCCCCCCCCCCCCCCCCCCCCCCCCC)C(O)/C=C/CCCCCCCCCCCC. The minimum absolute atomic E-state index is 0.121. The summed E-state index contributed by atoms with van der Waals surface area (Å²) in [5.41, 5.74) is 0. The van der Waals surface area contributed by atoms with Crippen LogP contribution in [0.3, 0.4) is 0 Å². The van der Waals surface area contributed by atoms with E-state index >= 15 is 0 Å². The molecule has 1 rings (SSSR count). The van der Waals surface area contributed by atoms with E-state index in [9.17, 15) is 35.1 Å². The van der Waals surface area contributed by atoms with Crippen molar-refractivity contribution in [2.24, 2.45) is 0 Å². The summed E-state index contributed by atoms with van der Waals surface area (Å²) in [6, 6.07) is -1.04. The molecule has 1 aliphatic heterocycles. The summed E-state index contributed by atoms with van der Waals surface area (Å²) in [7, 11) is 0. The van der Waals surface area contributed by atoms with E-state index in [0.29, 0.717) is 12.8 Å². The molecular weight excluding hydrogens is 1070 g/mol. The van der Waals surface area contributed by atoms with Crippen LogP contribution in [0.25, 0.3) is 0 Å². The van der Waals surface area contributed by atoms with Crippen molar-refractivity contribution in [2.75, 3.05) is 13.2 Å². The van der Waals surface area contributed by atoms with Crippen LogP contribution in [0.2, 0.25) is 0 Å². The first-order valence-electron chi connectivity index (χ1n) is 36.2. The van der Waals surface area contributed by atoms with E-state index in [4.69, 9.17) is 14.2 Å². The highest BCUT2D eigenvalue weighted by Crippen LogP contribution is 2.26. The van der Waals surface area contributed by atoms with Gasteiger partial charge in [0.2, 0.25) is 5.91 Å². The van der Waals surface area contributed by atoms with Gasteiger partial charge in [-0.1, -0.05) is 325 Å².